The van der Waals surface area contributed by atoms with Gasteiger partial charge < -0.3 is 44.0 Å². The van der Waals surface area contributed by atoms with Crippen LogP contribution in [0, 0.1) is 0 Å². The Bertz CT molecular complexity index is 2070. The highest BCUT2D eigenvalue weighted by Crippen LogP contribution is 2.39. The van der Waals surface area contributed by atoms with E-state index in [2.05, 4.69) is 18.1 Å². The molecule has 1 aromatic heterocycles. The molecule has 0 saturated carbocycles. The van der Waals surface area contributed by atoms with E-state index in [9.17, 15) is 14.4 Å². The molecule has 16 heteroatoms. The second-order valence-corrected chi connectivity index (χ2v) is 17.6. The minimum atomic E-state index is -0.692. The molecule has 2 N–H and O–H groups in total. The zero-order valence-corrected chi connectivity index (χ0v) is 35.9. The largest absolute Gasteiger partial charge is 0.493 e. The molecule has 3 aromatic rings. The fraction of sp³-hybridized carbons (Fsp3) is 0.455. The number of nitrogen functional groups attached to an aromatic ring is 1. The van der Waals surface area contributed by atoms with Crippen molar-refractivity contribution < 1.29 is 42.8 Å². The summed E-state index contributed by atoms with van der Waals surface area (Å²) >= 11 is 0. The summed E-state index contributed by atoms with van der Waals surface area (Å²) in [6, 6.07) is 12.4. The third-order valence-corrected chi connectivity index (χ3v) is 13.3. The molecule has 0 spiro atoms. The number of pyridine rings is 1. The fourth-order valence-corrected chi connectivity index (χ4v) is 9.82. The minimum absolute atomic E-state index is 0.0301. The quantitative estimate of drug-likeness (QED) is 0.0640. The maximum Gasteiger partial charge on any atom is 0.412 e. The van der Waals surface area contributed by atoms with Crippen molar-refractivity contribution in [2.45, 2.75) is 68.3 Å². The number of likely N-dealkylation sites (tertiary alicyclic amines) is 1. The van der Waals surface area contributed by atoms with Gasteiger partial charge in [-0.25, -0.2) is 9.78 Å². The molecule has 3 saturated heterocycles. The molecule has 3 atom stereocenters. The van der Waals surface area contributed by atoms with Crippen molar-refractivity contribution in [1.29, 1.82) is 0 Å². The number of rotatable bonds is 17. The summed E-state index contributed by atoms with van der Waals surface area (Å²) in [5, 5.41) is 0.885. The minimum Gasteiger partial charge on any atom is -0.493 e. The first-order chi connectivity index (χ1) is 29.1. The van der Waals surface area contributed by atoms with Gasteiger partial charge in [-0.3, -0.25) is 14.5 Å². The van der Waals surface area contributed by atoms with Crippen LogP contribution in [0.1, 0.15) is 64.8 Å². The number of anilines is 1. The van der Waals surface area contributed by atoms with Crippen LogP contribution in [0.15, 0.2) is 78.0 Å². The van der Waals surface area contributed by atoms with Crippen LogP contribution in [0.4, 0.5) is 10.5 Å². The topological polar surface area (TPSA) is 155 Å². The van der Waals surface area contributed by atoms with Crippen LogP contribution < -0.4 is 24.7 Å². The third kappa shape index (κ3) is 9.93. The predicted molar refractivity (Wildman–Crippen MR) is 231 cm³/mol. The number of ether oxygens (including phenoxy) is 6. The number of amides is 3. The number of methoxy groups -OCH3 is 2. The Morgan fingerprint density at radius 1 is 0.917 bits per heavy atom. The predicted octanol–water partition coefficient (Wildman–Crippen LogP) is 7.03. The molecular weight excluding hydrogens is 807 g/mol. The average Bonchev–Trinajstić information content (AvgIpc) is 3.98. The second kappa shape index (κ2) is 20.0. The van der Waals surface area contributed by atoms with Crippen molar-refractivity contribution in [2.75, 3.05) is 71.8 Å². The Morgan fingerprint density at radius 3 is 2.42 bits per heavy atom. The number of fused-ring (bicyclic) bond motifs is 2. The number of carbonyl (C=O) groups is 3. The van der Waals surface area contributed by atoms with E-state index in [4.69, 9.17) is 34.2 Å². The van der Waals surface area contributed by atoms with E-state index in [1.54, 1.807) is 46.0 Å². The molecule has 14 nitrogen and oxygen atoms in total. The van der Waals surface area contributed by atoms with Gasteiger partial charge in [-0.05, 0) is 91.6 Å². The first-order valence-electron chi connectivity index (χ1n) is 20.3. The van der Waals surface area contributed by atoms with E-state index >= 15 is 0 Å². The Kier molecular flexibility index (Phi) is 14.3. The first kappa shape index (κ1) is 43.0. The number of aromatic nitrogens is 1. The summed E-state index contributed by atoms with van der Waals surface area (Å²) < 4.78 is 35.2. The maximum atomic E-state index is 14.1. The molecule has 5 heterocycles. The van der Waals surface area contributed by atoms with Crippen LogP contribution in [0.3, 0.4) is 0 Å². The van der Waals surface area contributed by atoms with Crippen molar-refractivity contribution in [1.82, 2.24) is 19.7 Å². The van der Waals surface area contributed by atoms with E-state index < -0.39 is 18.4 Å². The van der Waals surface area contributed by atoms with Gasteiger partial charge in [0.2, 0.25) is 0 Å². The average molecular weight is 860 g/mol. The molecule has 7 rings (SSSR count). The molecule has 4 aliphatic rings. The van der Waals surface area contributed by atoms with Crippen molar-refractivity contribution in [3.05, 3.63) is 89.7 Å². The summed E-state index contributed by atoms with van der Waals surface area (Å²) in [4.78, 5) is 50.1. The standard InChI is InChI=1S/C44H53N5O9S2/c1-28-20-31-12-11-30-22-38(36(53-3)23-32(30)41(50)48(31)26-28)55-15-8-5-9-16-56-39-25-34(45)33(24-37(39)54-4)42(51)49-27-29(2)21-35(49)43-47(14-17-57-43)44(52)58-18-19-59-60-40-10-6-7-13-46-40/h6-7,10,13,22-25,31,35,43H,1-2,5,8-9,11-12,14-21,26-27,45H2,3-4H3/t31-,35+,43?/m1/s1. The number of aryl methyl sites for hydroxylation is 1. The highest BCUT2D eigenvalue weighted by atomic mass is 33.1. The van der Waals surface area contributed by atoms with Crippen LogP contribution in [0.25, 0.3) is 0 Å². The zero-order valence-electron chi connectivity index (χ0n) is 34.2. The lowest BCUT2D eigenvalue weighted by Crippen LogP contribution is -2.51. The van der Waals surface area contributed by atoms with Crippen LogP contribution in [0.5, 0.6) is 23.0 Å². The summed E-state index contributed by atoms with van der Waals surface area (Å²) in [7, 11) is 6.18. The molecule has 0 aliphatic carbocycles. The molecule has 0 radical (unpaired) electrons. The molecule has 3 fully saturated rings. The molecule has 1 unspecified atom stereocenters. The summed E-state index contributed by atoms with van der Waals surface area (Å²) in [6.07, 6.45) is 5.94. The SMILES string of the molecule is C=C1C[C@H]2CCc3cc(OCCCCCOc4cc(N)c(C(=O)N5CC(=C)C[C@H]5C5OCCN5C(=O)OCCSSc5ccccn5)cc4OC)c(OC)cc3C(=O)N2C1. The number of carbonyl (C=O) groups excluding carboxylic acids is 3. The highest BCUT2D eigenvalue weighted by Gasteiger charge is 2.45. The molecule has 60 heavy (non-hydrogen) atoms. The molecular formula is C44H53N5O9S2. The third-order valence-electron chi connectivity index (χ3n) is 11.1. The van der Waals surface area contributed by atoms with Gasteiger partial charge in [0.05, 0.1) is 52.2 Å². The molecule has 320 valence electrons. The van der Waals surface area contributed by atoms with Gasteiger partial charge in [0.25, 0.3) is 11.8 Å². The lowest BCUT2D eigenvalue weighted by molar-refractivity contribution is -0.0200. The summed E-state index contributed by atoms with van der Waals surface area (Å²) in [5.41, 5.74) is 10.6. The molecule has 3 amide bonds. The van der Waals surface area contributed by atoms with Crippen molar-refractivity contribution in [3.63, 3.8) is 0 Å². The van der Waals surface area contributed by atoms with E-state index in [0.717, 1.165) is 60.3 Å². The number of hydrogen-bond donors (Lipinski definition) is 1. The van der Waals surface area contributed by atoms with Gasteiger partial charge in [0.1, 0.15) is 11.6 Å². The number of unbranched alkanes of at least 4 members (excludes halogenated alkanes) is 2. The van der Waals surface area contributed by atoms with Crippen molar-refractivity contribution >= 4 is 45.2 Å². The van der Waals surface area contributed by atoms with Gasteiger partial charge >= 0.3 is 6.09 Å². The van der Waals surface area contributed by atoms with Gasteiger partial charge in [-0.15, -0.1) is 0 Å². The van der Waals surface area contributed by atoms with Gasteiger partial charge in [0.15, 0.2) is 29.2 Å². The monoisotopic (exact) mass is 859 g/mol. The zero-order chi connectivity index (χ0) is 42.2. The normalized spacial score (nSPS) is 19.9. The number of hydrogen-bond acceptors (Lipinski definition) is 13. The van der Waals surface area contributed by atoms with E-state index in [-0.39, 0.29) is 35.7 Å². The smallest absolute Gasteiger partial charge is 0.412 e. The Labute approximate surface area is 359 Å². The summed E-state index contributed by atoms with van der Waals surface area (Å²) in [6.45, 7) is 10.9. The highest BCUT2D eigenvalue weighted by molar-refractivity contribution is 8.76. The number of benzene rings is 2. The van der Waals surface area contributed by atoms with Crippen molar-refractivity contribution in [2.24, 2.45) is 0 Å². The number of nitrogens with zero attached hydrogens (tertiary/aromatic N) is 4. The molecule has 4 aliphatic heterocycles. The van der Waals surface area contributed by atoms with Crippen LogP contribution >= 0.6 is 21.6 Å². The summed E-state index contributed by atoms with van der Waals surface area (Å²) in [5.74, 6) is 2.29. The lowest BCUT2D eigenvalue weighted by atomic mass is 10.00. The fourth-order valence-electron chi connectivity index (χ4n) is 8.12. The van der Waals surface area contributed by atoms with E-state index in [0.29, 0.717) is 80.2 Å². The van der Waals surface area contributed by atoms with Crippen molar-refractivity contribution in [3.8, 4) is 23.0 Å². The lowest BCUT2D eigenvalue weighted by Gasteiger charge is -2.33. The number of nitrogens with two attached hydrogens (primary N) is 1. The van der Waals surface area contributed by atoms with Crippen LogP contribution in [-0.2, 0) is 15.9 Å². The van der Waals surface area contributed by atoms with Gasteiger partial charge in [0, 0.05) is 48.4 Å². The Morgan fingerprint density at radius 2 is 1.67 bits per heavy atom. The van der Waals surface area contributed by atoms with Gasteiger partial charge in [-0.1, -0.05) is 41.2 Å². The Hall–Kier alpha value is -5.06. The van der Waals surface area contributed by atoms with Gasteiger partial charge in [-0.2, -0.15) is 0 Å². The maximum absolute atomic E-state index is 14.1. The first-order valence-corrected chi connectivity index (χ1v) is 22.6. The Balaban J connectivity index is 0.884. The molecule has 0 bridgehead atoms. The van der Waals surface area contributed by atoms with E-state index in [1.165, 1.54) is 17.9 Å². The molecule has 2 aromatic carbocycles. The second-order valence-electron chi connectivity index (χ2n) is 15.2. The van der Waals surface area contributed by atoms with Crippen LogP contribution in [0.2, 0.25) is 0 Å². The van der Waals surface area contributed by atoms with Crippen LogP contribution in [-0.4, -0.2) is 122 Å². The van der Waals surface area contributed by atoms with E-state index in [1.807, 2.05) is 35.2 Å².